The van der Waals surface area contributed by atoms with E-state index < -0.39 is 0 Å². The standard InChI is InChI=1S/C18H19N3O4S/c1-2-23-16-7-13(3-5-14(16)22)10-20-21-18(26)19-9-12-4-6-15-17(8-12)25-11-24-15/h3-8,10,22H,2,9,11H2,1H3,(H2,19,21,26)/b20-10+. The first-order valence-corrected chi connectivity index (χ1v) is 8.48. The van der Waals surface area contributed by atoms with Crippen molar-refractivity contribution in [2.75, 3.05) is 13.4 Å². The molecule has 0 fully saturated rings. The van der Waals surface area contributed by atoms with E-state index in [1.54, 1.807) is 24.4 Å². The van der Waals surface area contributed by atoms with Crippen LogP contribution in [0.5, 0.6) is 23.0 Å². The number of hydrazone groups is 1. The predicted octanol–water partition coefficient (Wildman–Crippen LogP) is 2.52. The molecule has 1 aliphatic heterocycles. The van der Waals surface area contributed by atoms with Gasteiger partial charge < -0.3 is 24.6 Å². The Hall–Kier alpha value is -3.00. The maximum absolute atomic E-state index is 9.68. The van der Waals surface area contributed by atoms with E-state index in [2.05, 4.69) is 15.8 Å². The first-order chi connectivity index (χ1) is 12.7. The average molecular weight is 373 g/mol. The predicted molar refractivity (Wildman–Crippen MR) is 102 cm³/mol. The second kappa shape index (κ2) is 8.39. The highest BCUT2D eigenvalue weighted by molar-refractivity contribution is 7.80. The number of fused-ring (bicyclic) bond motifs is 1. The number of nitrogens with one attached hydrogen (secondary N) is 2. The molecule has 0 aliphatic carbocycles. The lowest BCUT2D eigenvalue weighted by Crippen LogP contribution is -2.31. The molecule has 0 unspecified atom stereocenters. The van der Waals surface area contributed by atoms with E-state index in [1.165, 1.54) is 0 Å². The first-order valence-electron chi connectivity index (χ1n) is 8.07. The van der Waals surface area contributed by atoms with E-state index >= 15 is 0 Å². The fraction of sp³-hybridized carbons (Fsp3) is 0.222. The molecule has 3 N–H and O–H groups in total. The maximum atomic E-state index is 9.68. The summed E-state index contributed by atoms with van der Waals surface area (Å²) in [6.45, 7) is 3.11. The molecule has 0 spiro atoms. The Labute approximate surface area is 156 Å². The maximum Gasteiger partial charge on any atom is 0.231 e. The highest BCUT2D eigenvalue weighted by atomic mass is 32.1. The summed E-state index contributed by atoms with van der Waals surface area (Å²) in [6.07, 6.45) is 1.59. The van der Waals surface area contributed by atoms with Gasteiger partial charge in [-0.2, -0.15) is 5.10 Å². The number of benzene rings is 2. The van der Waals surface area contributed by atoms with Gasteiger partial charge in [0.2, 0.25) is 6.79 Å². The van der Waals surface area contributed by atoms with Crippen molar-refractivity contribution in [3.63, 3.8) is 0 Å². The van der Waals surface area contributed by atoms with Crippen LogP contribution in [0.25, 0.3) is 0 Å². The summed E-state index contributed by atoms with van der Waals surface area (Å²) in [5.74, 6) is 2.00. The minimum absolute atomic E-state index is 0.0953. The zero-order chi connectivity index (χ0) is 18.4. The zero-order valence-corrected chi connectivity index (χ0v) is 15.0. The minimum atomic E-state index is 0.0953. The van der Waals surface area contributed by atoms with Gasteiger partial charge in [-0.3, -0.25) is 5.43 Å². The van der Waals surface area contributed by atoms with Crippen molar-refractivity contribution >= 4 is 23.5 Å². The third-order valence-electron chi connectivity index (χ3n) is 3.55. The molecule has 1 heterocycles. The fourth-order valence-electron chi connectivity index (χ4n) is 2.32. The summed E-state index contributed by atoms with van der Waals surface area (Å²) in [5.41, 5.74) is 4.54. The van der Waals surface area contributed by atoms with Gasteiger partial charge in [0, 0.05) is 6.54 Å². The zero-order valence-electron chi connectivity index (χ0n) is 14.2. The molecular formula is C18H19N3O4S. The number of rotatable bonds is 6. The normalized spacial score (nSPS) is 12.2. The van der Waals surface area contributed by atoms with Crippen LogP contribution in [0.2, 0.25) is 0 Å². The molecule has 26 heavy (non-hydrogen) atoms. The number of ether oxygens (including phenoxy) is 3. The molecule has 0 saturated heterocycles. The number of aromatic hydroxyl groups is 1. The molecule has 7 nitrogen and oxygen atoms in total. The molecule has 0 bridgehead atoms. The van der Waals surface area contributed by atoms with Gasteiger partial charge in [0.15, 0.2) is 28.1 Å². The molecule has 0 atom stereocenters. The van der Waals surface area contributed by atoms with Crippen molar-refractivity contribution in [2.24, 2.45) is 5.10 Å². The Balaban J connectivity index is 1.49. The number of hydrogen-bond acceptors (Lipinski definition) is 6. The van der Waals surface area contributed by atoms with Gasteiger partial charge in [0.25, 0.3) is 0 Å². The van der Waals surface area contributed by atoms with Gasteiger partial charge in [-0.15, -0.1) is 0 Å². The highest BCUT2D eigenvalue weighted by Crippen LogP contribution is 2.32. The van der Waals surface area contributed by atoms with E-state index in [9.17, 15) is 5.11 Å². The van der Waals surface area contributed by atoms with Crippen molar-refractivity contribution in [3.05, 3.63) is 47.5 Å². The summed E-state index contributed by atoms with van der Waals surface area (Å²) in [5, 5.41) is 17.2. The molecular weight excluding hydrogens is 354 g/mol. The third kappa shape index (κ3) is 4.54. The van der Waals surface area contributed by atoms with Crippen LogP contribution < -0.4 is 25.0 Å². The molecule has 0 aromatic heterocycles. The van der Waals surface area contributed by atoms with Crippen LogP contribution in [-0.4, -0.2) is 29.8 Å². The molecule has 8 heteroatoms. The van der Waals surface area contributed by atoms with Crippen LogP contribution in [0.4, 0.5) is 0 Å². The van der Waals surface area contributed by atoms with E-state index in [1.807, 2.05) is 25.1 Å². The number of thiocarbonyl (C=S) groups is 1. The van der Waals surface area contributed by atoms with E-state index in [0.717, 1.165) is 22.6 Å². The van der Waals surface area contributed by atoms with Crippen LogP contribution in [0.1, 0.15) is 18.1 Å². The summed E-state index contributed by atoms with van der Waals surface area (Å²) in [7, 11) is 0. The Kier molecular flexibility index (Phi) is 5.75. The molecule has 0 radical (unpaired) electrons. The van der Waals surface area contributed by atoms with Gasteiger partial charge >= 0.3 is 0 Å². The molecule has 2 aromatic rings. The third-order valence-corrected chi connectivity index (χ3v) is 3.79. The number of phenolic OH excluding ortho intramolecular Hbond substituents is 1. The summed E-state index contributed by atoms with van der Waals surface area (Å²) in [4.78, 5) is 0. The van der Waals surface area contributed by atoms with Crippen LogP contribution in [0.15, 0.2) is 41.5 Å². The lowest BCUT2D eigenvalue weighted by Gasteiger charge is -2.08. The van der Waals surface area contributed by atoms with Crippen LogP contribution in [-0.2, 0) is 6.54 Å². The molecule has 0 saturated carbocycles. The Bertz CT molecular complexity index is 826. The van der Waals surface area contributed by atoms with Crippen molar-refractivity contribution in [1.82, 2.24) is 10.7 Å². The highest BCUT2D eigenvalue weighted by Gasteiger charge is 2.13. The first kappa shape index (κ1) is 17.8. The number of hydrogen-bond donors (Lipinski definition) is 3. The Morgan fingerprint density at radius 3 is 2.96 bits per heavy atom. The Morgan fingerprint density at radius 1 is 1.27 bits per heavy atom. The largest absolute Gasteiger partial charge is 0.504 e. The quantitative estimate of drug-likeness (QED) is 0.408. The summed E-state index contributed by atoms with van der Waals surface area (Å²) in [6, 6.07) is 10.7. The number of phenols is 1. The second-order valence-electron chi connectivity index (χ2n) is 5.40. The molecule has 0 amide bonds. The average Bonchev–Trinajstić information content (AvgIpc) is 3.10. The van der Waals surface area contributed by atoms with Gasteiger partial charge in [-0.1, -0.05) is 6.07 Å². The minimum Gasteiger partial charge on any atom is -0.504 e. The van der Waals surface area contributed by atoms with Crippen molar-refractivity contribution in [2.45, 2.75) is 13.5 Å². The van der Waals surface area contributed by atoms with Crippen molar-refractivity contribution in [1.29, 1.82) is 0 Å². The molecule has 2 aromatic carbocycles. The van der Waals surface area contributed by atoms with E-state index in [4.69, 9.17) is 26.4 Å². The molecule has 1 aliphatic rings. The van der Waals surface area contributed by atoms with Crippen LogP contribution in [0.3, 0.4) is 0 Å². The monoisotopic (exact) mass is 373 g/mol. The van der Waals surface area contributed by atoms with Crippen LogP contribution in [0, 0.1) is 0 Å². The lowest BCUT2D eigenvalue weighted by atomic mass is 10.2. The topological polar surface area (TPSA) is 84.3 Å². The van der Waals surface area contributed by atoms with Gasteiger partial charge in [0.1, 0.15) is 0 Å². The van der Waals surface area contributed by atoms with Crippen molar-refractivity contribution in [3.8, 4) is 23.0 Å². The van der Waals surface area contributed by atoms with Gasteiger partial charge in [0.05, 0.1) is 12.8 Å². The summed E-state index contributed by atoms with van der Waals surface area (Å²) >= 11 is 5.20. The van der Waals surface area contributed by atoms with E-state index in [0.29, 0.717) is 24.0 Å². The molecule has 136 valence electrons. The fourth-order valence-corrected chi connectivity index (χ4v) is 2.45. The SMILES string of the molecule is CCOc1cc(/C=N/NC(=S)NCc2ccc3c(c2)OCO3)ccc1O. The number of nitrogens with zero attached hydrogens (tertiary/aromatic N) is 1. The van der Waals surface area contributed by atoms with Crippen LogP contribution >= 0.6 is 12.2 Å². The second-order valence-corrected chi connectivity index (χ2v) is 5.81. The van der Waals surface area contributed by atoms with E-state index in [-0.39, 0.29) is 12.5 Å². The van der Waals surface area contributed by atoms with Crippen molar-refractivity contribution < 1.29 is 19.3 Å². The smallest absolute Gasteiger partial charge is 0.231 e. The van der Waals surface area contributed by atoms with Gasteiger partial charge in [-0.05, 0) is 60.6 Å². The van der Waals surface area contributed by atoms with Gasteiger partial charge in [-0.25, -0.2) is 0 Å². The lowest BCUT2D eigenvalue weighted by molar-refractivity contribution is 0.174. The summed E-state index contributed by atoms with van der Waals surface area (Å²) < 4.78 is 16.0. The Morgan fingerprint density at radius 2 is 2.12 bits per heavy atom. The molecule has 3 rings (SSSR count).